The highest BCUT2D eigenvalue weighted by Crippen LogP contribution is 2.16. The van der Waals surface area contributed by atoms with Gasteiger partial charge in [-0.25, -0.2) is 14.8 Å². The maximum absolute atomic E-state index is 12.7. The molecule has 0 aliphatic heterocycles. The number of fused-ring (bicyclic) bond motifs is 1. The standard InChI is InChI=1S/C24H26N8O9/c25-14(5-6-16(33)34)18(35)13(22(38)39)7-15(23(40)41)30-20(36)10-1-3-11(4-2-10)27-8-12-9-28-19-17(29-12)21(37)32-24(26)31-19/h1-4,9,13-15,27H,5-8,25H2,(H,30,36)(H,33,34)(H,38,39)(H,40,41)(H3,26,28,31,32,37). The summed E-state index contributed by atoms with van der Waals surface area (Å²) in [6.07, 6.45) is -0.206. The van der Waals surface area contributed by atoms with Gasteiger partial charge >= 0.3 is 17.9 Å². The van der Waals surface area contributed by atoms with Gasteiger partial charge < -0.3 is 37.4 Å². The summed E-state index contributed by atoms with van der Waals surface area (Å²) in [7, 11) is 0. The van der Waals surface area contributed by atoms with Crippen molar-refractivity contribution in [2.75, 3.05) is 11.1 Å². The van der Waals surface area contributed by atoms with Gasteiger partial charge in [-0.05, 0) is 37.1 Å². The van der Waals surface area contributed by atoms with E-state index in [1.807, 2.05) is 0 Å². The second-order valence-corrected chi connectivity index (χ2v) is 8.85. The summed E-state index contributed by atoms with van der Waals surface area (Å²) in [6.45, 7) is 0.151. The van der Waals surface area contributed by atoms with Crippen LogP contribution in [0.5, 0.6) is 0 Å². The molecular formula is C24H26N8O9. The molecule has 3 rings (SSSR count). The molecule has 2 aromatic heterocycles. The molecule has 0 saturated carbocycles. The minimum atomic E-state index is -1.88. The Bertz CT molecular complexity index is 1540. The lowest BCUT2D eigenvalue weighted by Crippen LogP contribution is -2.47. The highest BCUT2D eigenvalue weighted by molar-refractivity contribution is 6.02. The molecule has 0 bridgehead atoms. The number of hydrogen-bond acceptors (Lipinski definition) is 12. The fourth-order valence-electron chi connectivity index (χ4n) is 3.71. The zero-order chi connectivity index (χ0) is 30.3. The highest BCUT2D eigenvalue weighted by Gasteiger charge is 2.36. The first-order valence-electron chi connectivity index (χ1n) is 12.0. The number of anilines is 2. The molecule has 1 amide bonds. The van der Waals surface area contributed by atoms with E-state index in [0.717, 1.165) is 0 Å². The van der Waals surface area contributed by atoms with Crippen molar-refractivity contribution < 1.29 is 39.3 Å². The molecule has 3 atom stereocenters. The first kappa shape index (κ1) is 30.1. The molecule has 0 fully saturated rings. The minimum absolute atomic E-state index is 0.00702. The van der Waals surface area contributed by atoms with Crippen molar-refractivity contribution in [1.29, 1.82) is 0 Å². The second-order valence-electron chi connectivity index (χ2n) is 8.85. The molecule has 1 aromatic carbocycles. The average Bonchev–Trinajstić information content (AvgIpc) is 2.92. The van der Waals surface area contributed by atoms with E-state index in [2.05, 4.69) is 30.6 Å². The zero-order valence-electron chi connectivity index (χ0n) is 21.2. The highest BCUT2D eigenvalue weighted by atomic mass is 16.4. The first-order chi connectivity index (χ1) is 19.3. The Morgan fingerprint density at radius 1 is 1.00 bits per heavy atom. The van der Waals surface area contributed by atoms with Crippen LogP contribution in [-0.2, 0) is 25.7 Å². The lowest BCUT2D eigenvalue weighted by molar-refractivity contribution is -0.148. The van der Waals surface area contributed by atoms with Gasteiger partial charge in [-0.3, -0.25) is 29.0 Å². The quantitative estimate of drug-likeness (QED) is 0.107. The molecule has 216 valence electrons. The van der Waals surface area contributed by atoms with Crippen LogP contribution >= 0.6 is 0 Å². The number of Topliss-reactive ketones (excluding diaryl/α,β-unsaturated/α-hetero) is 1. The Balaban J connectivity index is 1.63. The van der Waals surface area contributed by atoms with E-state index in [1.54, 1.807) is 0 Å². The smallest absolute Gasteiger partial charge is 0.326 e. The summed E-state index contributed by atoms with van der Waals surface area (Å²) in [5.41, 5.74) is 11.6. The third-order valence-corrected chi connectivity index (χ3v) is 5.86. The van der Waals surface area contributed by atoms with Gasteiger partial charge in [-0.1, -0.05) is 0 Å². The van der Waals surface area contributed by atoms with Gasteiger partial charge in [-0.15, -0.1) is 0 Å². The van der Waals surface area contributed by atoms with E-state index < -0.39 is 66.0 Å². The van der Waals surface area contributed by atoms with Crippen molar-refractivity contribution in [3.63, 3.8) is 0 Å². The summed E-state index contributed by atoms with van der Waals surface area (Å²) in [5, 5.41) is 32.9. The number of carbonyl (C=O) groups excluding carboxylic acids is 2. The van der Waals surface area contributed by atoms with Crippen LogP contribution in [0.3, 0.4) is 0 Å². The largest absolute Gasteiger partial charge is 0.481 e. The lowest BCUT2D eigenvalue weighted by Gasteiger charge is -2.21. The van der Waals surface area contributed by atoms with Crippen LogP contribution in [-0.4, -0.2) is 76.9 Å². The van der Waals surface area contributed by atoms with Crippen molar-refractivity contribution in [2.24, 2.45) is 11.7 Å². The number of rotatable bonds is 14. The molecule has 41 heavy (non-hydrogen) atoms. The van der Waals surface area contributed by atoms with Gasteiger partial charge in [0.15, 0.2) is 16.9 Å². The molecule has 3 aromatic rings. The van der Waals surface area contributed by atoms with Gasteiger partial charge in [0.2, 0.25) is 5.95 Å². The Morgan fingerprint density at radius 2 is 1.68 bits per heavy atom. The molecule has 0 aliphatic carbocycles. The molecular weight excluding hydrogens is 544 g/mol. The number of nitrogen functional groups attached to an aromatic ring is 1. The summed E-state index contributed by atoms with van der Waals surface area (Å²) in [4.78, 5) is 85.7. The maximum Gasteiger partial charge on any atom is 0.326 e. The molecule has 0 spiro atoms. The summed E-state index contributed by atoms with van der Waals surface area (Å²) >= 11 is 0. The van der Waals surface area contributed by atoms with Crippen LogP contribution in [0.15, 0.2) is 35.3 Å². The number of aliphatic carboxylic acids is 3. The topological polar surface area (TPSA) is 294 Å². The second kappa shape index (κ2) is 13.1. The summed E-state index contributed by atoms with van der Waals surface area (Å²) in [6, 6.07) is 2.59. The minimum Gasteiger partial charge on any atom is -0.481 e. The molecule has 10 N–H and O–H groups in total. The van der Waals surface area contributed by atoms with Crippen LogP contribution in [0, 0.1) is 5.92 Å². The Morgan fingerprint density at radius 3 is 2.29 bits per heavy atom. The van der Waals surface area contributed by atoms with Crippen molar-refractivity contribution in [3.05, 3.63) is 52.1 Å². The normalized spacial score (nSPS) is 13.1. The zero-order valence-corrected chi connectivity index (χ0v) is 21.2. The number of carbonyl (C=O) groups is 5. The predicted octanol–water partition coefficient (Wildman–Crippen LogP) is -1.06. The van der Waals surface area contributed by atoms with Crippen LogP contribution in [0.1, 0.15) is 35.3 Å². The third kappa shape index (κ3) is 8.02. The van der Waals surface area contributed by atoms with Crippen molar-refractivity contribution in [3.8, 4) is 0 Å². The van der Waals surface area contributed by atoms with Crippen LogP contribution in [0.2, 0.25) is 0 Å². The number of hydrogen-bond donors (Lipinski definition) is 8. The van der Waals surface area contributed by atoms with Gasteiger partial charge in [0.25, 0.3) is 11.5 Å². The van der Waals surface area contributed by atoms with Crippen LogP contribution in [0.25, 0.3) is 11.2 Å². The van der Waals surface area contributed by atoms with Gasteiger partial charge in [-0.2, -0.15) is 4.98 Å². The molecule has 0 aliphatic rings. The first-order valence-corrected chi connectivity index (χ1v) is 12.0. The number of nitrogens with one attached hydrogen (secondary N) is 3. The van der Waals surface area contributed by atoms with E-state index in [9.17, 15) is 39.0 Å². The maximum atomic E-state index is 12.7. The number of H-pyrrole nitrogens is 1. The summed E-state index contributed by atoms with van der Waals surface area (Å²) in [5.74, 6) is -8.33. The molecule has 2 heterocycles. The summed E-state index contributed by atoms with van der Waals surface area (Å²) < 4.78 is 0. The van der Waals surface area contributed by atoms with Crippen molar-refractivity contribution in [1.82, 2.24) is 25.3 Å². The van der Waals surface area contributed by atoms with Crippen LogP contribution < -0.4 is 27.7 Å². The Kier molecular flexibility index (Phi) is 9.59. The number of nitrogens with zero attached hydrogens (tertiary/aromatic N) is 3. The number of aromatic amines is 1. The van der Waals surface area contributed by atoms with Crippen molar-refractivity contribution in [2.45, 2.75) is 37.9 Å². The van der Waals surface area contributed by atoms with E-state index in [1.165, 1.54) is 30.5 Å². The van der Waals surface area contributed by atoms with Crippen molar-refractivity contribution >= 4 is 52.4 Å². The van der Waals surface area contributed by atoms with E-state index >= 15 is 0 Å². The molecule has 0 saturated heterocycles. The predicted molar refractivity (Wildman–Crippen MR) is 141 cm³/mol. The lowest BCUT2D eigenvalue weighted by atomic mass is 9.90. The van der Waals surface area contributed by atoms with E-state index in [-0.39, 0.29) is 35.6 Å². The monoisotopic (exact) mass is 570 g/mol. The van der Waals surface area contributed by atoms with Gasteiger partial charge in [0.05, 0.1) is 24.5 Å². The fourth-order valence-corrected chi connectivity index (χ4v) is 3.71. The SMILES string of the molecule is Nc1nc2ncc(CNc3ccc(C(=O)NC(CC(C(=O)O)C(=O)C(N)CCC(=O)O)C(=O)O)cc3)nc2c(=O)[nH]1. The van der Waals surface area contributed by atoms with E-state index in [0.29, 0.717) is 11.4 Å². The number of amides is 1. The van der Waals surface area contributed by atoms with Gasteiger partial charge in [0, 0.05) is 17.7 Å². The number of nitrogens with two attached hydrogens (primary N) is 2. The Hall–Kier alpha value is -5.45. The number of aromatic nitrogens is 4. The number of carboxylic acids is 3. The number of benzene rings is 1. The number of carboxylic acid groups (broad SMARTS) is 3. The number of ketones is 1. The van der Waals surface area contributed by atoms with Crippen LogP contribution in [0.4, 0.5) is 11.6 Å². The molecule has 17 heteroatoms. The fraction of sp³-hybridized carbons (Fsp3) is 0.292. The van der Waals surface area contributed by atoms with E-state index in [4.69, 9.17) is 16.6 Å². The Labute approximate surface area is 230 Å². The molecule has 0 radical (unpaired) electrons. The van der Waals surface area contributed by atoms with Gasteiger partial charge in [0.1, 0.15) is 12.0 Å². The third-order valence-electron chi connectivity index (χ3n) is 5.86. The molecule has 17 nitrogen and oxygen atoms in total. The average molecular weight is 571 g/mol. The molecule has 3 unspecified atom stereocenters.